The lowest BCUT2D eigenvalue weighted by molar-refractivity contribution is -0.658. The Balaban J connectivity index is 1.60. The van der Waals surface area contributed by atoms with Crippen molar-refractivity contribution >= 4 is 11.0 Å². The van der Waals surface area contributed by atoms with Gasteiger partial charge in [-0.15, -0.1) is 6.58 Å². The molecule has 5 aliphatic rings. The van der Waals surface area contributed by atoms with E-state index in [9.17, 15) is 0 Å². The Labute approximate surface area is 204 Å². The van der Waals surface area contributed by atoms with Crippen LogP contribution in [0.5, 0.6) is 0 Å². The number of aryl methyl sites for hydroxylation is 1. The predicted octanol–water partition coefficient (Wildman–Crippen LogP) is 7.36. The van der Waals surface area contributed by atoms with Crippen molar-refractivity contribution in [3.05, 3.63) is 71.6 Å². The number of para-hydroxylation sites is 1. The topological polar surface area (TPSA) is 8.81 Å². The lowest BCUT2D eigenvalue weighted by Gasteiger charge is -2.47. The molecule has 1 aliphatic heterocycles. The molecule has 2 nitrogen and oxygen atoms in total. The monoisotopic (exact) mass is 451 g/mol. The van der Waals surface area contributed by atoms with Gasteiger partial charge in [0, 0.05) is 11.0 Å². The van der Waals surface area contributed by atoms with Gasteiger partial charge in [0.2, 0.25) is 0 Å². The van der Waals surface area contributed by atoms with Crippen molar-refractivity contribution in [2.45, 2.75) is 88.4 Å². The summed E-state index contributed by atoms with van der Waals surface area (Å²) in [5.74, 6) is 4.87. The third kappa shape index (κ3) is 2.31. The van der Waals surface area contributed by atoms with E-state index in [-0.39, 0.29) is 10.8 Å². The summed E-state index contributed by atoms with van der Waals surface area (Å²) >= 11 is 0. The third-order valence-electron chi connectivity index (χ3n) is 11.1. The zero-order chi connectivity index (χ0) is 23.4. The normalized spacial score (nSPS) is 35.1. The van der Waals surface area contributed by atoms with Gasteiger partial charge in [-0.2, -0.15) is 4.57 Å². The van der Waals surface area contributed by atoms with E-state index in [0.717, 1.165) is 36.5 Å². The second-order valence-electron chi connectivity index (χ2n) is 12.2. The van der Waals surface area contributed by atoms with Crippen LogP contribution < -0.4 is 4.57 Å². The number of benzene rings is 2. The lowest BCUT2D eigenvalue weighted by atomic mass is 9.56. The predicted molar refractivity (Wildman–Crippen MR) is 140 cm³/mol. The minimum Gasteiger partial charge on any atom is -0.229 e. The molecule has 4 bridgehead atoms. The van der Waals surface area contributed by atoms with Crippen LogP contribution in [0.4, 0.5) is 0 Å². The highest BCUT2D eigenvalue weighted by Crippen LogP contribution is 2.58. The van der Waals surface area contributed by atoms with Crippen LogP contribution in [0.15, 0.2) is 49.1 Å². The molecule has 0 radical (unpaired) electrons. The fourth-order valence-corrected chi connectivity index (χ4v) is 9.38. The highest BCUT2D eigenvalue weighted by atomic mass is 15.2. The van der Waals surface area contributed by atoms with Gasteiger partial charge in [-0.25, -0.2) is 4.57 Å². The van der Waals surface area contributed by atoms with Gasteiger partial charge in [0.15, 0.2) is 11.0 Å². The molecule has 3 aromatic rings. The van der Waals surface area contributed by atoms with E-state index >= 15 is 0 Å². The molecule has 0 amide bonds. The first-order valence-corrected chi connectivity index (χ1v) is 13.8. The molecule has 176 valence electrons. The first-order valence-electron chi connectivity index (χ1n) is 13.8. The second kappa shape index (κ2) is 6.86. The lowest BCUT2D eigenvalue weighted by Crippen LogP contribution is -2.55. The number of hydrogen-bond acceptors (Lipinski definition) is 0. The Hall–Kier alpha value is -2.35. The molecule has 34 heavy (non-hydrogen) atoms. The molecule has 8 rings (SSSR count). The summed E-state index contributed by atoms with van der Waals surface area (Å²) in [6.45, 7) is 11.7. The maximum Gasteiger partial charge on any atom is 0.273 e. The number of fused-ring (bicyclic) bond motifs is 5. The molecule has 2 heterocycles. The van der Waals surface area contributed by atoms with Crippen molar-refractivity contribution in [1.82, 2.24) is 4.57 Å². The maximum atomic E-state index is 4.48. The summed E-state index contributed by atoms with van der Waals surface area (Å²) in [6, 6.07) is 14.4. The number of imidazole rings is 1. The largest absolute Gasteiger partial charge is 0.273 e. The Morgan fingerprint density at radius 3 is 2.24 bits per heavy atom. The molecule has 0 spiro atoms. The van der Waals surface area contributed by atoms with E-state index in [1.807, 2.05) is 0 Å². The molecule has 4 atom stereocenters. The van der Waals surface area contributed by atoms with Crippen LogP contribution in [0.1, 0.15) is 100 Å². The van der Waals surface area contributed by atoms with Crippen molar-refractivity contribution in [2.24, 2.45) is 18.9 Å². The fraction of sp³-hybridized carbons (Fsp3) is 0.531. The molecule has 1 aromatic heterocycles. The highest BCUT2D eigenvalue weighted by molar-refractivity contribution is 5.80. The summed E-state index contributed by atoms with van der Waals surface area (Å²) in [7, 11) is 2.32. The SMILES string of the molecule is C=CC1(CC)c2n(c3cc4c(cc3[n+]2C)C2CC3CC(CC4C3)C2)-c2ccccc2C1(C)CC. The summed E-state index contributed by atoms with van der Waals surface area (Å²) in [6.07, 6.45) is 11.6. The van der Waals surface area contributed by atoms with Crippen molar-refractivity contribution < 1.29 is 4.57 Å². The summed E-state index contributed by atoms with van der Waals surface area (Å²) < 4.78 is 5.17. The van der Waals surface area contributed by atoms with Crippen molar-refractivity contribution in [1.29, 1.82) is 0 Å². The number of nitrogens with zero attached hydrogens (tertiary/aromatic N) is 2. The molecular formula is C32H39N2+. The number of rotatable bonds is 3. The minimum atomic E-state index is -0.112. The van der Waals surface area contributed by atoms with Crippen LogP contribution in [0, 0.1) is 11.8 Å². The van der Waals surface area contributed by atoms with Gasteiger partial charge in [0.1, 0.15) is 5.69 Å². The number of hydrogen-bond donors (Lipinski definition) is 0. The van der Waals surface area contributed by atoms with Gasteiger partial charge >= 0.3 is 0 Å². The van der Waals surface area contributed by atoms with Gasteiger partial charge in [0.05, 0.1) is 12.5 Å². The first kappa shape index (κ1) is 21.0. The standard InChI is InChI=1S/C32H39N2/c1-6-31(4)26-11-9-10-12-27(26)34-29-19-25-23-16-20-13-21(17-23)15-22(14-20)24(25)18-28(29)33(5)30(34)32(31,7-2)8-3/h7,9-12,18-23H,2,6,8,13-17H2,1,3-5H3/q+1. The van der Waals surface area contributed by atoms with Crippen LogP contribution in [-0.4, -0.2) is 4.57 Å². The van der Waals surface area contributed by atoms with Gasteiger partial charge in [-0.05, 0) is 97.9 Å². The molecule has 0 N–H and O–H groups in total. The van der Waals surface area contributed by atoms with E-state index in [2.05, 4.69) is 86.0 Å². The molecule has 2 aromatic carbocycles. The van der Waals surface area contributed by atoms with Crippen molar-refractivity contribution in [3.8, 4) is 5.69 Å². The van der Waals surface area contributed by atoms with Gasteiger partial charge in [-0.3, -0.25) is 0 Å². The maximum absolute atomic E-state index is 4.48. The molecular weight excluding hydrogens is 412 g/mol. The third-order valence-corrected chi connectivity index (χ3v) is 11.1. The van der Waals surface area contributed by atoms with Crippen LogP contribution in [0.2, 0.25) is 0 Å². The van der Waals surface area contributed by atoms with E-state index in [1.165, 1.54) is 60.2 Å². The van der Waals surface area contributed by atoms with Gasteiger partial charge < -0.3 is 0 Å². The van der Waals surface area contributed by atoms with E-state index in [1.54, 1.807) is 11.1 Å². The Morgan fingerprint density at radius 2 is 1.62 bits per heavy atom. The van der Waals surface area contributed by atoms with E-state index < -0.39 is 0 Å². The van der Waals surface area contributed by atoms with Crippen LogP contribution >= 0.6 is 0 Å². The van der Waals surface area contributed by atoms with Crippen LogP contribution in [-0.2, 0) is 17.9 Å². The average molecular weight is 452 g/mol. The van der Waals surface area contributed by atoms with Gasteiger partial charge in [-0.1, -0.05) is 45.0 Å². The van der Waals surface area contributed by atoms with Crippen molar-refractivity contribution in [3.63, 3.8) is 0 Å². The Kier molecular flexibility index (Phi) is 4.24. The smallest absolute Gasteiger partial charge is 0.229 e. The summed E-state index contributed by atoms with van der Waals surface area (Å²) in [4.78, 5) is 0. The summed E-state index contributed by atoms with van der Waals surface area (Å²) in [5.41, 5.74) is 8.93. The Morgan fingerprint density at radius 1 is 0.971 bits per heavy atom. The average Bonchev–Trinajstić information content (AvgIpc) is 3.04. The first-order chi connectivity index (χ1) is 16.5. The zero-order valence-electron chi connectivity index (χ0n) is 21.4. The second-order valence-corrected chi connectivity index (χ2v) is 12.2. The minimum absolute atomic E-state index is 0.0110. The molecule has 2 heteroatoms. The molecule has 2 fully saturated rings. The zero-order valence-corrected chi connectivity index (χ0v) is 21.4. The van der Waals surface area contributed by atoms with Gasteiger partial charge in [0.25, 0.3) is 5.82 Å². The van der Waals surface area contributed by atoms with Crippen LogP contribution in [0.3, 0.4) is 0 Å². The Bertz CT molecular complexity index is 1330. The fourth-order valence-electron chi connectivity index (χ4n) is 9.38. The molecule has 4 unspecified atom stereocenters. The number of aromatic nitrogens is 2. The molecule has 0 saturated heterocycles. The summed E-state index contributed by atoms with van der Waals surface area (Å²) in [5, 5.41) is 0. The van der Waals surface area contributed by atoms with E-state index in [0.29, 0.717) is 0 Å². The van der Waals surface area contributed by atoms with Crippen molar-refractivity contribution in [2.75, 3.05) is 0 Å². The number of allylic oxidation sites excluding steroid dienone is 1. The molecule has 2 saturated carbocycles. The quantitative estimate of drug-likeness (QED) is 0.290. The van der Waals surface area contributed by atoms with Crippen LogP contribution in [0.25, 0.3) is 16.7 Å². The molecule has 4 aliphatic carbocycles. The van der Waals surface area contributed by atoms with E-state index in [4.69, 9.17) is 0 Å². The highest BCUT2D eigenvalue weighted by Gasteiger charge is 2.58.